The second-order valence-electron chi connectivity index (χ2n) is 1.92. The molecule has 0 aliphatic carbocycles. The first kappa shape index (κ1) is 8.20. The summed E-state index contributed by atoms with van der Waals surface area (Å²) >= 11 is 2.86. The Balaban J connectivity index is 3.36. The van der Waals surface area contributed by atoms with Gasteiger partial charge in [0.05, 0.1) is 10.0 Å². The molecule has 1 rings (SSSR count). The molecule has 0 saturated carbocycles. The van der Waals surface area contributed by atoms with E-state index in [4.69, 9.17) is 5.11 Å². The molecule has 0 atom stereocenters. The van der Waals surface area contributed by atoms with Gasteiger partial charge in [0.2, 0.25) is 0 Å². The molecular weight excluding hydrogens is 215 g/mol. The summed E-state index contributed by atoms with van der Waals surface area (Å²) in [6.45, 7) is 0. The fraction of sp³-hybridized carbons (Fsp3) is 0. The first-order valence-electron chi connectivity index (χ1n) is 2.79. The van der Waals surface area contributed by atoms with Crippen LogP contribution in [0.25, 0.3) is 0 Å². The standard InChI is InChI=1S/C7H4BrFO2/c8-5-2-1-4(3-10)7(11)6(5)9/h1-3,11H. The Labute approximate surface area is 70.8 Å². The highest BCUT2D eigenvalue weighted by Crippen LogP contribution is 2.26. The zero-order valence-corrected chi connectivity index (χ0v) is 6.93. The van der Waals surface area contributed by atoms with Gasteiger partial charge in [-0.15, -0.1) is 0 Å². The molecule has 0 aliphatic heterocycles. The number of aromatic hydroxyl groups is 1. The molecular formula is C7H4BrFO2. The van der Waals surface area contributed by atoms with Crippen LogP contribution in [-0.4, -0.2) is 11.4 Å². The van der Waals surface area contributed by atoms with Crippen molar-refractivity contribution in [3.8, 4) is 5.75 Å². The third-order valence-electron chi connectivity index (χ3n) is 1.23. The molecule has 0 spiro atoms. The molecule has 0 bridgehead atoms. The lowest BCUT2D eigenvalue weighted by molar-refractivity contribution is 0.112. The molecule has 1 N–H and O–H groups in total. The molecule has 58 valence electrons. The number of rotatable bonds is 1. The lowest BCUT2D eigenvalue weighted by Gasteiger charge is -1.99. The summed E-state index contributed by atoms with van der Waals surface area (Å²) < 4.78 is 12.9. The number of hydrogen-bond donors (Lipinski definition) is 1. The van der Waals surface area contributed by atoms with Crippen LogP contribution in [0.1, 0.15) is 10.4 Å². The molecule has 4 heteroatoms. The van der Waals surface area contributed by atoms with Crippen molar-refractivity contribution in [1.82, 2.24) is 0 Å². The number of halogens is 2. The molecule has 0 radical (unpaired) electrons. The van der Waals surface area contributed by atoms with Crippen LogP contribution in [0, 0.1) is 5.82 Å². The fourth-order valence-electron chi connectivity index (χ4n) is 0.650. The van der Waals surface area contributed by atoms with E-state index in [1.807, 2.05) is 0 Å². The number of carbonyl (C=O) groups excluding carboxylic acids is 1. The molecule has 0 fully saturated rings. The van der Waals surface area contributed by atoms with Gasteiger partial charge in [-0.25, -0.2) is 4.39 Å². The highest BCUT2D eigenvalue weighted by atomic mass is 79.9. The van der Waals surface area contributed by atoms with Crippen molar-refractivity contribution in [3.63, 3.8) is 0 Å². The SMILES string of the molecule is O=Cc1ccc(Br)c(F)c1O. The lowest BCUT2D eigenvalue weighted by atomic mass is 10.2. The minimum Gasteiger partial charge on any atom is -0.504 e. The minimum absolute atomic E-state index is 0.0503. The smallest absolute Gasteiger partial charge is 0.179 e. The molecule has 0 aromatic heterocycles. The van der Waals surface area contributed by atoms with Crippen LogP contribution in [0.15, 0.2) is 16.6 Å². The summed E-state index contributed by atoms with van der Waals surface area (Å²) in [5, 5.41) is 8.94. The number of aldehydes is 1. The van der Waals surface area contributed by atoms with Gasteiger partial charge in [-0.2, -0.15) is 0 Å². The van der Waals surface area contributed by atoms with Gasteiger partial charge in [-0.1, -0.05) is 0 Å². The number of phenolic OH excluding ortho intramolecular Hbond substituents is 1. The Morgan fingerprint density at radius 3 is 2.73 bits per heavy atom. The van der Waals surface area contributed by atoms with Crippen LogP contribution in [0.5, 0.6) is 5.75 Å². The van der Waals surface area contributed by atoms with Gasteiger partial charge in [0, 0.05) is 0 Å². The highest BCUT2D eigenvalue weighted by Gasteiger charge is 2.08. The average molecular weight is 219 g/mol. The van der Waals surface area contributed by atoms with Crippen LogP contribution in [0.3, 0.4) is 0 Å². The summed E-state index contributed by atoms with van der Waals surface area (Å²) in [7, 11) is 0. The predicted octanol–water partition coefficient (Wildman–Crippen LogP) is 2.11. The van der Waals surface area contributed by atoms with Crippen molar-refractivity contribution in [2.45, 2.75) is 0 Å². The summed E-state index contributed by atoms with van der Waals surface area (Å²) in [5.41, 5.74) is -0.0503. The Hall–Kier alpha value is -0.900. The number of benzene rings is 1. The molecule has 0 aliphatic rings. The van der Waals surface area contributed by atoms with E-state index in [1.54, 1.807) is 0 Å². The van der Waals surface area contributed by atoms with E-state index < -0.39 is 11.6 Å². The second-order valence-corrected chi connectivity index (χ2v) is 2.77. The summed E-state index contributed by atoms with van der Waals surface area (Å²) in [5.74, 6) is -1.43. The van der Waals surface area contributed by atoms with E-state index in [9.17, 15) is 9.18 Å². The minimum atomic E-state index is -0.811. The maximum Gasteiger partial charge on any atom is 0.179 e. The summed E-state index contributed by atoms with van der Waals surface area (Å²) in [6.07, 6.45) is 0.394. The normalized spacial score (nSPS) is 9.64. The van der Waals surface area contributed by atoms with Crippen LogP contribution in [0.2, 0.25) is 0 Å². The van der Waals surface area contributed by atoms with E-state index in [0.29, 0.717) is 6.29 Å². The van der Waals surface area contributed by atoms with Crippen LogP contribution < -0.4 is 0 Å². The van der Waals surface area contributed by atoms with Crippen molar-refractivity contribution >= 4 is 22.2 Å². The largest absolute Gasteiger partial charge is 0.504 e. The maximum atomic E-state index is 12.7. The van der Waals surface area contributed by atoms with E-state index >= 15 is 0 Å². The molecule has 0 heterocycles. The van der Waals surface area contributed by atoms with Gasteiger partial charge in [-0.05, 0) is 28.1 Å². The van der Waals surface area contributed by atoms with Crippen molar-refractivity contribution in [2.24, 2.45) is 0 Å². The van der Waals surface area contributed by atoms with E-state index in [1.165, 1.54) is 12.1 Å². The van der Waals surface area contributed by atoms with Gasteiger partial charge in [-0.3, -0.25) is 4.79 Å². The Morgan fingerprint density at radius 1 is 1.55 bits per heavy atom. The van der Waals surface area contributed by atoms with Crippen LogP contribution in [-0.2, 0) is 0 Å². The van der Waals surface area contributed by atoms with Crippen LogP contribution >= 0.6 is 15.9 Å². The van der Waals surface area contributed by atoms with E-state index in [-0.39, 0.29) is 10.0 Å². The molecule has 2 nitrogen and oxygen atoms in total. The first-order valence-corrected chi connectivity index (χ1v) is 3.58. The number of hydrogen-bond acceptors (Lipinski definition) is 2. The Kier molecular flexibility index (Phi) is 2.24. The lowest BCUT2D eigenvalue weighted by Crippen LogP contribution is -1.85. The summed E-state index contributed by atoms with van der Waals surface area (Å²) in [4.78, 5) is 10.1. The van der Waals surface area contributed by atoms with E-state index in [2.05, 4.69) is 15.9 Å². The van der Waals surface area contributed by atoms with Crippen molar-refractivity contribution in [1.29, 1.82) is 0 Å². The Bertz CT molecular complexity index is 299. The van der Waals surface area contributed by atoms with Gasteiger partial charge in [0.1, 0.15) is 0 Å². The second kappa shape index (κ2) is 3.00. The van der Waals surface area contributed by atoms with Crippen molar-refractivity contribution < 1.29 is 14.3 Å². The molecule has 11 heavy (non-hydrogen) atoms. The maximum absolute atomic E-state index is 12.7. The third-order valence-corrected chi connectivity index (χ3v) is 1.84. The zero-order valence-electron chi connectivity index (χ0n) is 5.34. The number of phenols is 1. The zero-order chi connectivity index (χ0) is 8.43. The van der Waals surface area contributed by atoms with Crippen molar-refractivity contribution in [2.75, 3.05) is 0 Å². The van der Waals surface area contributed by atoms with Gasteiger partial charge in [0.25, 0.3) is 0 Å². The quantitative estimate of drug-likeness (QED) is 0.734. The van der Waals surface area contributed by atoms with Gasteiger partial charge >= 0.3 is 0 Å². The number of carbonyl (C=O) groups is 1. The fourth-order valence-corrected chi connectivity index (χ4v) is 0.970. The average Bonchev–Trinajstić information content (AvgIpc) is 2.01. The Morgan fingerprint density at radius 2 is 2.18 bits per heavy atom. The van der Waals surface area contributed by atoms with Gasteiger partial charge < -0.3 is 5.11 Å². The monoisotopic (exact) mass is 218 g/mol. The molecule has 1 aromatic carbocycles. The molecule has 0 amide bonds. The topological polar surface area (TPSA) is 37.3 Å². The predicted molar refractivity (Wildman–Crippen MR) is 41.2 cm³/mol. The first-order chi connectivity index (χ1) is 5.16. The molecule has 0 saturated heterocycles. The molecule has 1 aromatic rings. The third kappa shape index (κ3) is 1.40. The van der Waals surface area contributed by atoms with Crippen LogP contribution in [0.4, 0.5) is 4.39 Å². The molecule has 0 unspecified atom stereocenters. The highest BCUT2D eigenvalue weighted by molar-refractivity contribution is 9.10. The van der Waals surface area contributed by atoms with Crippen molar-refractivity contribution in [3.05, 3.63) is 28.0 Å². The van der Waals surface area contributed by atoms with Gasteiger partial charge in [0.15, 0.2) is 17.9 Å². The van der Waals surface area contributed by atoms with E-state index in [0.717, 1.165) is 0 Å². The summed E-state index contributed by atoms with van der Waals surface area (Å²) in [6, 6.07) is 2.69.